The van der Waals surface area contributed by atoms with Gasteiger partial charge in [0.1, 0.15) is 11.3 Å². The van der Waals surface area contributed by atoms with Crippen LogP contribution in [0.3, 0.4) is 0 Å². The average Bonchev–Trinajstić information content (AvgIpc) is 2.59. The van der Waals surface area contributed by atoms with Gasteiger partial charge in [0.25, 0.3) is 5.91 Å². The van der Waals surface area contributed by atoms with Gasteiger partial charge in [0, 0.05) is 13.1 Å². The Morgan fingerprint density at radius 2 is 2.12 bits per heavy atom. The Morgan fingerprint density at radius 3 is 2.69 bits per heavy atom. The maximum absolute atomic E-state index is 11.7. The largest absolute Gasteiger partial charge is 0.361 e. The zero-order chi connectivity index (χ0) is 11.3. The van der Waals surface area contributed by atoms with Crippen LogP contribution in [0, 0.1) is 6.92 Å². The molecule has 1 aromatic heterocycles. The van der Waals surface area contributed by atoms with E-state index >= 15 is 0 Å². The summed E-state index contributed by atoms with van der Waals surface area (Å²) in [7, 11) is 1.84. The number of halogens is 1. The molecule has 16 heavy (non-hydrogen) atoms. The van der Waals surface area contributed by atoms with Crippen LogP contribution in [0.25, 0.3) is 0 Å². The van der Waals surface area contributed by atoms with Crippen molar-refractivity contribution in [2.45, 2.75) is 20.3 Å². The number of rotatable bonds is 5. The van der Waals surface area contributed by atoms with Crippen molar-refractivity contribution >= 4 is 18.3 Å². The van der Waals surface area contributed by atoms with E-state index in [0.717, 1.165) is 12.2 Å². The fraction of sp³-hybridized carbons (Fsp3) is 0.600. The smallest absolute Gasteiger partial charge is 0.256 e. The normalized spacial score (nSPS) is 9.69. The number of aromatic nitrogens is 1. The monoisotopic (exact) mass is 247 g/mol. The van der Waals surface area contributed by atoms with Gasteiger partial charge >= 0.3 is 0 Å². The van der Waals surface area contributed by atoms with Crippen LogP contribution >= 0.6 is 12.4 Å². The number of nitrogens with zero attached hydrogens (tertiary/aromatic N) is 1. The first-order valence-corrected chi connectivity index (χ1v) is 5.08. The molecule has 0 radical (unpaired) electrons. The molecule has 1 heterocycles. The van der Waals surface area contributed by atoms with Crippen LogP contribution < -0.4 is 10.6 Å². The maximum Gasteiger partial charge on any atom is 0.256 e. The molecule has 0 saturated heterocycles. The highest BCUT2D eigenvalue weighted by molar-refractivity contribution is 5.96. The van der Waals surface area contributed by atoms with Crippen LogP contribution in [0.15, 0.2) is 4.52 Å². The Hall–Kier alpha value is -1.07. The first-order chi connectivity index (χ1) is 7.20. The van der Waals surface area contributed by atoms with E-state index in [2.05, 4.69) is 15.8 Å². The third kappa shape index (κ3) is 3.50. The van der Waals surface area contributed by atoms with Gasteiger partial charge in [-0.05, 0) is 20.4 Å². The number of aryl methyl sites for hydroxylation is 2. The Balaban J connectivity index is 0.00000225. The molecule has 1 aromatic rings. The predicted molar refractivity (Wildman–Crippen MR) is 64.1 cm³/mol. The summed E-state index contributed by atoms with van der Waals surface area (Å²) < 4.78 is 4.99. The molecule has 1 amide bonds. The second kappa shape index (κ2) is 7.24. The maximum atomic E-state index is 11.7. The second-order valence-corrected chi connectivity index (χ2v) is 3.27. The molecule has 0 fully saturated rings. The van der Waals surface area contributed by atoms with Crippen molar-refractivity contribution in [3.05, 3.63) is 17.0 Å². The van der Waals surface area contributed by atoms with Gasteiger partial charge in [0.05, 0.1) is 5.69 Å². The van der Waals surface area contributed by atoms with Crippen molar-refractivity contribution < 1.29 is 9.32 Å². The molecule has 0 saturated carbocycles. The molecule has 0 atom stereocenters. The summed E-state index contributed by atoms with van der Waals surface area (Å²) in [5.74, 6) is 0.467. The van der Waals surface area contributed by atoms with Gasteiger partial charge in [-0.25, -0.2) is 0 Å². The molecule has 0 bridgehead atoms. The van der Waals surface area contributed by atoms with Gasteiger partial charge in [-0.1, -0.05) is 12.1 Å². The molecular weight excluding hydrogens is 230 g/mol. The fourth-order valence-corrected chi connectivity index (χ4v) is 1.34. The van der Waals surface area contributed by atoms with Gasteiger partial charge in [0.2, 0.25) is 0 Å². The summed E-state index contributed by atoms with van der Waals surface area (Å²) in [6, 6.07) is 0. The topological polar surface area (TPSA) is 67.2 Å². The number of nitrogens with one attached hydrogen (secondary N) is 2. The quantitative estimate of drug-likeness (QED) is 0.760. The highest BCUT2D eigenvalue weighted by atomic mass is 35.5. The first kappa shape index (κ1) is 14.9. The molecule has 92 valence electrons. The molecule has 0 spiro atoms. The SMILES string of the molecule is CCc1noc(C)c1C(=O)NCCNC.Cl. The number of amides is 1. The lowest BCUT2D eigenvalue weighted by molar-refractivity contribution is 0.0952. The van der Waals surface area contributed by atoms with Gasteiger partial charge < -0.3 is 15.2 Å². The van der Waals surface area contributed by atoms with Gasteiger partial charge in [-0.3, -0.25) is 4.79 Å². The zero-order valence-electron chi connectivity index (χ0n) is 9.79. The van der Waals surface area contributed by atoms with E-state index < -0.39 is 0 Å². The molecule has 2 N–H and O–H groups in total. The number of likely N-dealkylation sites (N-methyl/N-ethyl adjacent to an activating group) is 1. The van der Waals surface area contributed by atoms with Crippen molar-refractivity contribution in [1.82, 2.24) is 15.8 Å². The standard InChI is InChI=1S/C10H17N3O2.ClH/c1-4-8-9(7(2)15-13-8)10(14)12-6-5-11-3;/h11H,4-6H2,1-3H3,(H,12,14);1H. The Bertz CT molecular complexity index is 339. The van der Waals surface area contributed by atoms with Crippen LogP contribution in [0.4, 0.5) is 0 Å². The van der Waals surface area contributed by atoms with Crippen molar-refractivity contribution in [2.24, 2.45) is 0 Å². The van der Waals surface area contributed by atoms with Gasteiger partial charge in [0.15, 0.2) is 0 Å². The van der Waals surface area contributed by atoms with Crippen molar-refractivity contribution in [2.75, 3.05) is 20.1 Å². The molecule has 0 aliphatic carbocycles. The summed E-state index contributed by atoms with van der Waals surface area (Å²) >= 11 is 0. The number of carbonyl (C=O) groups is 1. The minimum Gasteiger partial charge on any atom is -0.361 e. The van der Waals surface area contributed by atoms with E-state index in [1.165, 1.54) is 0 Å². The highest BCUT2D eigenvalue weighted by Gasteiger charge is 2.18. The zero-order valence-corrected chi connectivity index (χ0v) is 10.6. The first-order valence-electron chi connectivity index (χ1n) is 5.08. The Kier molecular flexibility index (Phi) is 6.76. The van der Waals surface area contributed by atoms with E-state index in [9.17, 15) is 4.79 Å². The molecule has 0 aliphatic heterocycles. The Morgan fingerprint density at radius 1 is 1.44 bits per heavy atom. The average molecular weight is 248 g/mol. The molecule has 0 aromatic carbocycles. The molecule has 1 rings (SSSR count). The number of carbonyl (C=O) groups excluding carboxylic acids is 1. The summed E-state index contributed by atoms with van der Waals surface area (Å²) in [4.78, 5) is 11.7. The molecular formula is C10H18ClN3O2. The highest BCUT2D eigenvalue weighted by Crippen LogP contribution is 2.13. The summed E-state index contributed by atoms with van der Waals surface area (Å²) in [5.41, 5.74) is 1.29. The molecule has 6 heteroatoms. The van der Waals surface area contributed by atoms with Crippen molar-refractivity contribution in [1.29, 1.82) is 0 Å². The molecule has 0 aliphatic rings. The predicted octanol–water partition coefficient (Wildman–Crippen LogP) is 0.916. The third-order valence-corrected chi connectivity index (χ3v) is 2.16. The van der Waals surface area contributed by atoms with Crippen molar-refractivity contribution in [3.63, 3.8) is 0 Å². The summed E-state index contributed by atoms with van der Waals surface area (Å²) in [6.45, 7) is 5.04. The number of hydrogen-bond acceptors (Lipinski definition) is 4. The van der Waals surface area contributed by atoms with E-state index in [4.69, 9.17) is 4.52 Å². The van der Waals surface area contributed by atoms with Gasteiger partial charge in [-0.15, -0.1) is 12.4 Å². The molecule has 5 nitrogen and oxygen atoms in total. The lowest BCUT2D eigenvalue weighted by Crippen LogP contribution is -2.31. The van der Waals surface area contributed by atoms with Gasteiger partial charge in [-0.2, -0.15) is 0 Å². The fourth-order valence-electron chi connectivity index (χ4n) is 1.34. The van der Waals surface area contributed by atoms with Crippen LogP contribution in [-0.2, 0) is 6.42 Å². The third-order valence-electron chi connectivity index (χ3n) is 2.16. The minimum atomic E-state index is -0.110. The lowest BCUT2D eigenvalue weighted by atomic mass is 10.1. The minimum absolute atomic E-state index is 0. The van der Waals surface area contributed by atoms with E-state index in [1.54, 1.807) is 6.92 Å². The van der Waals surface area contributed by atoms with Crippen LogP contribution in [-0.4, -0.2) is 31.2 Å². The van der Waals surface area contributed by atoms with E-state index in [-0.39, 0.29) is 18.3 Å². The lowest BCUT2D eigenvalue weighted by Gasteiger charge is -2.03. The van der Waals surface area contributed by atoms with Crippen LogP contribution in [0.2, 0.25) is 0 Å². The van der Waals surface area contributed by atoms with Crippen molar-refractivity contribution in [3.8, 4) is 0 Å². The number of hydrogen-bond donors (Lipinski definition) is 2. The van der Waals surface area contributed by atoms with E-state index in [0.29, 0.717) is 24.3 Å². The summed E-state index contributed by atoms with van der Waals surface area (Å²) in [5, 5.41) is 9.59. The summed E-state index contributed by atoms with van der Waals surface area (Å²) in [6.07, 6.45) is 0.701. The second-order valence-electron chi connectivity index (χ2n) is 3.27. The van der Waals surface area contributed by atoms with Crippen LogP contribution in [0.5, 0.6) is 0 Å². The molecule has 0 unspecified atom stereocenters. The Labute approximate surface area is 101 Å². The van der Waals surface area contributed by atoms with Crippen LogP contribution in [0.1, 0.15) is 28.7 Å². The van der Waals surface area contributed by atoms with E-state index in [1.807, 2.05) is 14.0 Å².